The molecule has 0 amide bonds. The van der Waals surface area contributed by atoms with Crippen LogP contribution < -0.4 is 15.8 Å². The van der Waals surface area contributed by atoms with Crippen molar-refractivity contribution in [3.05, 3.63) is 36.2 Å². The highest BCUT2D eigenvalue weighted by Crippen LogP contribution is 2.27. The van der Waals surface area contributed by atoms with Crippen LogP contribution in [0.4, 0.5) is 30.5 Å². The first kappa shape index (κ1) is 13.9. The molecule has 1 aromatic carbocycles. The molecule has 0 radical (unpaired) electrons. The molecule has 0 unspecified atom stereocenters. The lowest BCUT2D eigenvalue weighted by atomic mass is 10.2. The van der Waals surface area contributed by atoms with Crippen molar-refractivity contribution in [1.82, 2.24) is 9.97 Å². The highest BCUT2D eigenvalue weighted by Gasteiger charge is 2.31. The van der Waals surface area contributed by atoms with Gasteiger partial charge >= 0.3 is 6.36 Å². The molecule has 0 bridgehead atoms. The van der Waals surface area contributed by atoms with Crippen LogP contribution in [0.5, 0.6) is 5.75 Å². The van der Waals surface area contributed by atoms with Gasteiger partial charge in [0.15, 0.2) is 0 Å². The summed E-state index contributed by atoms with van der Waals surface area (Å²) >= 11 is 0. The first-order valence-electron chi connectivity index (χ1n) is 5.55. The van der Waals surface area contributed by atoms with Gasteiger partial charge < -0.3 is 15.8 Å². The van der Waals surface area contributed by atoms with E-state index < -0.39 is 6.36 Å². The Kier molecular flexibility index (Phi) is 3.64. The fraction of sp³-hybridized carbons (Fsp3) is 0.167. The average Bonchev–Trinajstić information content (AvgIpc) is 2.33. The lowest BCUT2D eigenvalue weighted by Crippen LogP contribution is -2.17. The summed E-state index contributed by atoms with van der Waals surface area (Å²) in [7, 11) is 0. The Hall–Kier alpha value is -2.51. The van der Waals surface area contributed by atoms with Crippen LogP contribution in [-0.4, -0.2) is 16.3 Å². The van der Waals surface area contributed by atoms with E-state index in [1.165, 1.54) is 24.5 Å². The fourth-order valence-electron chi connectivity index (χ4n) is 1.50. The fourth-order valence-corrected chi connectivity index (χ4v) is 1.50. The lowest BCUT2D eigenvalue weighted by molar-refractivity contribution is -0.274. The molecule has 0 fully saturated rings. The number of hydrogen-bond acceptors (Lipinski definition) is 5. The van der Waals surface area contributed by atoms with Crippen molar-refractivity contribution >= 4 is 17.3 Å². The van der Waals surface area contributed by atoms with Gasteiger partial charge in [0.2, 0.25) is 0 Å². The number of nitrogens with two attached hydrogens (primary N) is 1. The van der Waals surface area contributed by atoms with Crippen LogP contribution in [0.25, 0.3) is 0 Å². The molecular weight excluding hydrogens is 273 g/mol. The second-order valence-electron chi connectivity index (χ2n) is 3.93. The van der Waals surface area contributed by atoms with Crippen LogP contribution in [0.1, 0.15) is 5.56 Å². The molecular formula is C12H11F3N4O. The minimum atomic E-state index is -4.73. The molecule has 5 nitrogen and oxygen atoms in total. The largest absolute Gasteiger partial charge is 0.573 e. The molecule has 0 spiro atoms. The third kappa shape index (κ3) is 3.50. The molecule has 1 heterocycles. The Balaban J connectivity index is 2.22. The monoisotopic (exact) mass is 284 g/mol. The quantitative estimate of drug-likeness (QED) is 0.906. The van der Waals surface area contributed by atoms with Gasteiger partial charge in [0.1, 0.15) is 23.7 Å². The summed E-state index contributed by atoms with van der Waals surface area (Å²) in [6, 6.07) is 5.44. The molecule has 0 saturated carbocycles. The van der Waals surface area contributed by atoms with Gasteiger partial charge in [-0.25, -0.2) is 9.97 Å². The highest BCUT2D eigenvalue weighted by molar-refractivity contribution is 5.64. The summed E-state index contributed by atoms with van der Waals surface area (Å²) in [6.07, 6.45) is -3.46. The van der Waals surface area contributed by atoms with E-state index in [-0.39, 0.29) is 5.75 Å². The van der Waals surface area contributed by atoms with Gasteiger partial charge in [-0.05, 0) is 19.1 Å². The summed E-state index contributed by atoms with van der Waals surface area (Å²) in [4.78, 5) is 7.77. The van der Waals surface area contributed by atoms with Crippen LogP contribution in [0.2, 0.25) is 0 Å². The van der Waals surface area contributed by atoms with E-state index in [2.05, 4.69) is 20.0 Å². The number of benzene rings is 1. The van der Waals surface area contributed by atoms with Gasteiger partial charge in [-0.3, -0.25) is 0 Å². The summed E-state index contributed by atoms with van der Waals surface area (Å²) in [5.41, 5.74) is 6.63. The van der Waals surface area contributed by atoms with E-state index in [1.807, 2.05) is 0 Å². The van der Waals surface area contributed by atoms with Gasteiger partial charge in [-0.2, -0.15) is 0 Å². The summed E-state index contributed by atoms with van der Waals surface area (Å²) in [6.45, 7) is 1.70. The topological polar surface area (TPSA) is 73.1 Å². The van der Waals surface area contributed by atoms with Crippen molar-refractivity contribution in [2.75, 3.05) is 11.1 Å². The summed E-state index contributed by atoms with van der Waals surface area (Å²) in [5, 5.41) is 2.86. The third-order valence-electron chi connectivity index (χ3n) is 2.45. The standard InChI is InChI=1S/C12H11F3N4O/c1-7-10(16)17-6-18-11(7)19-8-3-2-4-9(5-8)20-12(13,14)15/h2-6H,1H3,(H3,16,17,18,19). The van der Waals surface area contributed by atoms with Crippen molar-refractivity contribution in [1.29, 1.82) is 0 Å². The number of ether oxygens (including phenoxy) is 1. The van der Waals surface area contributed by atoms with E-state index >= 15 is 0 Å². The van der Waals surface area contributed by atoms with E-state index in [9.17, 15) is 13.2 Å². The number of aromatic nitrogens is 2. The molecule has 1 aromatic heterocycles. The van der Waals surface area contributed by atoms with E-state index in [0.29, 0.717) is 22.9 Å². The highest BCUT2D eigenvalue weighted by atomic mass is 19.4. The van der Waals surface area contributed by atoms with Gasteiger partial charge in [-0.15, -0.1) is 13.2 Å². The molecule has 2 aromatic rings. The molecule has 0 aliphatic heterocycles. The smallest absolute Gasteiger partial charge is 0.406 e. The lowest BCUT2D eigenvalue weighted by Gasteiger charge is -2.12. The molecule has 0 aliphatic rings. The molecule has 2 rings (SSSR count). The number of halogens is 3. The maximum atomic E-state index is 12.1. The Morgan fingerprint density at radius 3 is 2.70 bits per heavy atom. The maximum absolute atomic E-state index is 12.1. The number of hydrogen-bond donors (Lipinski definition) is 2. The zero-order chi connectivity index (χ0) is 14.8. The first-order chi connectivity index (χ1) is 9.35. The number of anilines is 3. The van der Waals surface area contributed by atoms with Crippen molar-refractivity contribution in [3.63, 3.8) is 0 Å². The molecule has 20 heavy (non-hydrogen) atoms. The predicted octanol–water partition coefficient (Wildman–Crippen LogP) is 3.01. The van der Waals surface area contributed by atoms with Crippen LogP contribution in [-0.2, 0) is 0 Å². The van der Waals surface area contributed by atoms with Gasteiger partial charge in [0.25, 0.3) is 0 Å². The minimum Gasteiger partial charge on any atom is -0.406 e. The maximum Gasteiger partial charge on any atom is 0.573 e. The third-order valence-corrected chi connectivity index (χ3v) is 2.45. The SMILES string of the molecule is Cc1c(N)ncnc1Nc1cccc(OC(F)(F)F)c1. The van der Waals surface area contributed by atoms with Crippen LogP contribution in [0.3, 0.4) is 0 Å². The van der Waals surface area contributed by atoms with Gasteiger partial charge in [-0.1, -0.05) is 6.07 Å². The molecule has 3 N–H and O–H groups in total. The van der Waals surface area contributed by atoms with Gasteiger partial charge in [0.05, 0.1) is 0 Å². The van der Waals surface area contributed by atoms with Crippen molar-refractivity contribution in [2.45, 2.75) is 13.3 Å². The predicted molar refractivity (Wildman–Crippen MR) is 67.6 cm³/mol. The molecule has 8 heteroatoms. The Bertz CT molecular complexity index is 616. The summed E-state index contributed by atoms with van der Waals surface area (Å²) in [5.74, 6) is 0.397. The molecule has 0 atom stereocenters. The number of nitrogens with zero attached hydrogens (tertiary/aromatic N) is 2. The zero-order valence-electron chi connectivity index (χ0n) is 10.4. The second-order valence-corrected chi connectivity index (χ2v) is 3.93. The minimum absolute atomic E-state index is 0.296. The molecule has 106 valence electrons. The number of nitrogen functional groups attached to an aromatic ring is 1. The van der Waals surface area contributed by atoms with Crippen LogP contribution in [0, 0.1) is 6.92 Å². The number of rotatable bonds is 3. The van der Waals surface area contributed by atoms with Gasteiger partial charge in [0, 0.05) is 17.3 Å². The van der Waals surface area contributed by atoms with E-state index in [0.717, 1.165) is 0 Å². The zero-order valence-corrected chi connectivity index (χ0v) is 10.4. The number of nitrogens with one attached hydrogen (secondary N) is 1. The molecule has 0 aliphatic carbocycles. The van der Waals surface area contributed by atoms with Crippen molar-refractivity contribution < 1.29 is 17.9 Å². The Morgan fingerprint density at radius 2 is 2.00 bits per heavy atom. The number of alkyl halides is 3. The van der Waals surface area contributed by atoms with E-state index in [1.54, 1.807) is 13.0 Å². The van der Waals surface area contributed by atoms with Crippen molar-refractivity contribution in [2.24, 2.45) is 0 Å². The first-order valence-corrected chi connectivity index (χ1v) is 5.55. The average molecular weight is 284 g/mol. The normalized spacial score (nSPS) is 11.2. The Morgan fingerprint density at radius 1 is 1.25 bits per heavy atom. The van der Waals surface area contributed by atoms with E-state index in [4.69, 9.17) is 5.73 Å². The molecule has 0 saturated heterocycles. The second kappa shape index (κ2) is 5.24. The van der Waals surface area contributed by atoms with Crippen molar-refractivity contribution in [3.8, 4) is 5.75 Å². The van der Waals surface area contributed by atoms with Crippen LogP contribution in [0.15, 0.2) is 30.6 Å². The Labute approximate surface area is 112 Å². The van der Waals surface area contributed by atoms with Crippen LogP contribution >= 0.6 is 0 Å². The summed E-state index contributed by atoms with van der Waals surface area (Å²) < 4.78 is 40.2.